The molecule has 0 aliphatic heterocycles. The molecule has 0 bridgehead atoms. The van der Waals surface area contributed by atoms with Crippen molar-refractivity contribution in [2.75, 3.05) is 0 Å². The van der Waals surface area contributed by atoms with Gasteiger partial charge >= 0.3 is 0 Å². The minimum Gasteiger partial charge on any atom is -0.469 e. The van der Waals surface area contributed by atoms with Crippen LogP contribution in [0.5, 0.6) is 0 Å². The van der Waals surface area contributed by atoms with Gasteiger partial charge in [0.1, 0.15) is 11.5 Å². The Morgan fingerprint density at radius 1 is 1.21 bits per heavy atom. The Morgan fingerprint density at radius 3 is 2.68 bits per heavy atom. The lowest BCUT2D eigenvalue weighted by Crippen LogP contribution is -2.10. The van der Waals surface area contributed by atoms with Gasteiger partial charge in [0.15, 0.2) is 0 Å². The molecular weight excluding hydrogens is 242 g/mol. The van der Waals surface area contributed by atoms with E-state index in [2.05, 4.69) is 10.3 Å². The molecule has 3 rings (SSSR count). The molecule has 1 aromatic carbocycles. The number of nitrogens with zero attached hydrogens (tertiary/aromatic N) is 3. The highest BCUT2D eigenvalue weighted by molar-refractivity contribution is 6.08. The van der Waals surface area contributed by atoms with Crippen molar-refractivity contribution in [2.45, 2.75) is 6.92 Å². The van der Waals surface area contributed by atoms with Crippen LogP contribution in [0, 0.1) is 6.92 Å². The number of ketones is 1. The van der Waals surface area contributed by atoms with Crippen molar-refractivity contribution in [3.63, 3.8) is 0 Å². The predicted octanol–water partition coefficient (Wildman–Crippen LogP) is 2.40. The summed E-state index contributed by atoms with van der Waals surface area (Å²) in [6.07, 6.45) is 2.96. The number of carbonyl (C=O) groups excluding carboxylic acids is 1. The predicted molar refractivity (Wildman–Crippen MR) is 68.2 cm³/mol. The van der Waals surface area contributed by atoms with Gasteiger partial charge in [-0.05, 0) is 25.1 Å². The van der Waals surface area contributed by atoms with Crippen molar-refractivity contribution >= 4 is 5.78 Å². The Bertz CT molecular complexity index is 713. The molecule has 0 fully saturated rings. The number of hydrogen-bond acceptors (Lipinski definition) is 4. The minimum atomic E-state index is -0.153. The molecular formula is C14H11N3O2. The lowest BCUT2D eigenvalue weighted by atomic mass is 10.1. The fraction of sp³-hybridized carbons (Fsp3) is 0.0714. The number of carbonyl (C=O) groups is 1. The van der Waals surface area contributed by atoms with Crippen LogP contribution in [0.15, 0.2) is 53.3 Å². The van der Waals surface area contributed by atoms with E-state index in [4.69, 9.17) is 4.42 Å². The van der Waals surface area contributed by atoms with Crippen molar-refractivity contribution in [3.8, 4) is 5.69 Å². The maximum atomic E-state index is 12.4. The van der Waals surface area contributed by atoms with Gasteiger partial charge in [-0.3, -0.25) is 4.79 Å². The number of benzene rings is 1. The van der Waals surface area contributed by atoms with E-state index >= 15 is 0 Å². The lowest BCUT2D eigenvalue weighted by Gasteiger charge is -2.04. The fourth-order valence-electron chi connectivity index (χ4n) is 1.91. The molecule has 94 valence electrons. The third-order valence-corrected chi connectivity index (χ3v) is 2.89. The molecule has 0 saturated carbocycles. The molecule has 5 heteroatoms. The second-order valence-corrected chi connectivity index (χ2v) is 4.09. The summed E-state index contributed by atoms with van der Waals surface area (Å²) in [5, 5.41) is 7.78. The highest BCUT2D eigenvalue weighted by atomic mass is 16.3. The molecule has 3 aromatic rings. The average Bonchev–Trinajstić information content (AvgIpc) is 3.07. The quantitative estimate of drug-likeness (QED) is 0.672. The van der Waals surface area contributed by atoms with Gasteiger partial charge in [0.05, 0.1) is 23.7 Å². The maximum Gasteiger partial charge on any atom is 0.216 e. The van der Waals surface area contributed by atoms with Crippen LogP contribution in [0.2, 0.25) is 0 Å². The third-order valence-electron chi connectivity index (χ3n) is 2.89. The number of hydrogen-bond donors (Lipinski definition) is 0. The van der Waals surface area contributed by atoms with Crippen molar-refractivity contribution in [3.05, 3.63) is 65.9 Å². The summed E-state index contributed by atoms with van der Waals surface area (Å²) in [4.78, 5) is 12.4. The van der Waals surface area contributed by atoms with Gasteiger partial charge in [-0.25, -0.2) is 4.68 Å². The van der Waals surface area contributed by atoms with Crippen LogP contribution < -0.4 is 0 Å². The topological polar surface area (TPSA) is 60.9 Å². The second kappa shape index (κ2) is 4.53. The van der Waals surface area contributed by atoms with Crippen LogP contribution in [0.3, 0.4) is 0 Å². The van der Waals surface area contributed by atoms with Crippen molar-refractivity contribution in [1.29, 1.82) is 0 Å². The van der Waals surface area contributed by atoms with Gasteiger partial charge in [-0.1, -0.05) is 23.4 Å². The molecule has 0 N–H and O–H groups in total. The maximum absolute atomic E-state index is 12.4. The molecule has 2 aromatic heterocycles. The smallest absolute Gasteiger partial charge is 0.216 e. The Hall–Kier alpha value is -2.69. The Morgan fingerprint density at radius 2 is 2.00 bits per heavy atom. The van der Waals surface area contributed by atoms with Gasteiger partial charge in [-0.2, -0.15) is 0 Å². The Labute approximate surface area is 109 Å². The van der Waals surface area contributed by atoms with Gasteiger partial charge in [0.2, 0.25) is 5.78 Å². The molecule has 0 radical (unpaired) electrons. The van der Waals surface area contributed by atoms with Crippen LogP contribution in [0.4, 0.5) is 0 Å². The second-order valence-electron chi connectivity index (χ2n) is 4.09. The van der Waals surface area contributed by atoms with E-state index in [0.717, 1.165) is 5.69 Å². The lowest BCUT2D eigenvalue weighted by molar-refractivity contribution is 0.103. The first-order valence-corrected chi connectivity index (χ1v) is 5.82. The average molecular weight is 253 g/mol. The van der Waals surface area contributed by atoms with Crippen LogP contribution in [0.1, 0.15) is 21.8 Å². The summed E-state index contributed by atoms with van der Waals surface area (Å²) >= 11 is 0. The monoisotopic (exact) mass is 253 g/mol. The molecule has 2 heterocycles. The normalized spacial score (nSPS) is 10.6. The summed E-state index contributed by atoms with van der Waals surface area (Å²) in [6, 6.07) is 11.1. The molecule has 0 unspecified atom stereocenters. The minimum absolute atomic E-state index is 0.153. The fourth-order valence-corrected chi connectivity index (χ4v) is 1.91. The molecule has 5 nitrogen and oxygen atoms in total. The van der Waals surface area contributed by atoms with E-state index in [0.29, 0.717) is 17.0 Å². The van der Waals surface area contributed by atoms with E-state index in [9.17, 15) is 4.79 Å². The van der Waals surface area contributed by atoms with Gasteiger partial charge < -0.3 is 4.42 Å². The summed E-state index contributed by atoms with van der Waals surface area (Å²) in [5.41, 5.74) is 1.74. The summed E-state index contributed by atoms with van der Waals surface area (Å²) in [5.74, 6) is 0.436. The zero-order valence-electron chi connectivity index (χ0n) is 10.3. The third kappa shape index (κ3) is 1.95. The number of aromatic nitrogens is 3. The molecule has 0 atom stereocenters. The first-order valence-electron chi connectivity index (χ1n) is 5.82. The van der Waals surface area contributed by atoms with E-state index in [1.165, 1.54) is 17.1 Å². The molecule has 0 amide bonds. The zero-order chi connectivity index (χ0) is 13.2. The molecule has 0 spiro atoms. The Balaban J connectivity index is 2.06. The summed E-state index contributed by atoms with van der Waals surface area (Å²) in [6.45, 7) is 1.75. The highest BCUT2D eigenvalue weighted by Crippen LogP contribution is 2.16. The molecule has 19 heavy (non-hydrogen) atoms. The van der Waals surface area contributed by atoms with Crippen molar-refractivity contribution in [1.82, 2.24) is 15.0 Å². The number of para-hydroxylation sites is 1. The van der Waals surface area contributed by atoms with Gasteiger partial charge in [0, 0.05) is 0 Å². The molecule has 0 saturated heterocycles. The number of furan rings is 1. The van der Waals surface area contributed by atoms with Crippen LogP contribution in [-0.4, -0.2) is 20.8 Å². The van der Waals surface area contributed by atoms with Crippen LogP contribution in [0.25, 0.3) is 5.69 Å². The summed E-state index contributed by atoms with van der Waals surface area (Å²) in [7, 11) is 0. The molecule has 0 aliphatic carbocycles. The van der Waals surface area contributed by atoms with E-state index < -0.39 is 0 Å². The molecule has 0 aliphatic rings. The van der Waals surface area contributed by atoms with Gasteiger partial charge in [-0.15, -0.1) is 5.10 Å². The van der Waals surface area contributed by atoms with E-state index in [-0.39, 0.29) is 5.78 Å². The first-order chi connectivity index (χ1) is 9.27. The highest BCUT2D eigenvalue weighted by Gasteiger charge is 2.19. The first kappa shape index (κ1) is 11.4. The Kier molecular flexibility index (Phi) is 2.72. The summed E-state index contributed by atoms with van der Waals surface area (Å²) < 4.78 is 6.68. The van der Waals surface area contributed by atoms with Crippen molar-refractivity contribution in [2.24, 2.45) is 0 Å². The number of rotatable bonds is 3. The van der Waals surface area contributed by atoms with E-state index in [1.54, 1.807) is 13.0 Å². The number of aryl methyl sites for hydroxylation is 1. The van der Waals surface area contributed by atoms with Gasteiger partial charge in [0.25, 0.3) is 0 Å². The SMILES string of the molecule is Cc1occc1C(=O)c1cnnn1-c1ccccc1. The van der Waals surface area contributed by atoms with E-state index in [1.807, 2.05) is 30.3 Å². The standard InChI is InChI=1S/C14H11N3O2/c1-10-12(7-8-19-10)14(18)13-9-15-16-17(13)11-5-3-2-4-6-11/h2-9H,1H3. The van der Waals surface area contributed by atoms with Crippen LogP contribution in [-0.2, 0) is 0 Å². The largest absolute Gasteiger partial charge is 0.469 e. The zero-order valence-corrected chi connectivity index (χ0v) is 10.3. The van der Waals surface area contributed by atoms with Crippen LogP contribution >= 0.6 is 0 Å². The van der Waals surface area contributed by atoms with Crippen molar-refractivity contribution < 1.29 is 9.21 Å².